The number of halogens is 4. The summed E-state index contributed by atoms with van der Waals surface area (Å²) in [4.78, 5) is 6.31. The number of aliphatic hydroxyl groups excluding tert-OH is 1. The zero-order valence-electron chi connectivity index (χ0n) is 21.0. The Morgan fingerprint density at radius 3 is 2.33 bits per heavy atom. The normalized spacial score (nSPS) is 13.9. The van der Waals surface area contributed by atoms with Gasteiger partial charge in [-0.1, -0.05) is 24.3 Å². The van der Waals surface area contributed by atoms with Gasteiger partial charge in [0.05, 0.1) is 28.3 Å². The lowest BCUT2D eigenvalue weighted by Gasteiger charge is -2.17. The molecule has 4 aromatic rings. The molecule has 0 saturated carbocycles. The summed E-state index contributed by atoms with van der Waals surface area (Å²) in [7, 11) is 0. The van der Waals surface area contributed by atoms with Crippen molar-refractivity contribution in [3.63, 3.8) is 0 Å². The molecule has 0 aliphatic heterocycles. The number of thioether (sulfide) groups is 1. The van der Waals surface area contributed by atoms with Gasteiger partial charge >= 0.3 is 6.18 Å². The second-order valence-corrected chi connectivity index (χ2v) is 11.3. The maximum Gasteiger partial charge on any atom is 0.416 e. The zero-order chi connectivity index (χ0) is 28.3. The molecule has 10 heteroatoms. The number of nitrogens with zero attached hydrogens (tertiary/aromatic N) is 1. The van der Waals surface area contributed by atoms with Gasteiger partial charge in [-0.3, -0.25) is 0 Å². The van der Waals surface area contributed by atoms with Crippen molar-refractivity contribution in [2.45, 2.75) is 42.6 Å². The minimum Gasteiger partial charge on any atom is -0.513 e. The fourth-order valence-corrected chi connectivity index (χ4v) is 6.53. The van der Waals surface area contributed by atoms with Crippen molar-refractivity contribution in [2.75, 3.05) is 0 Å². The molecule has 0 spiro atoms. The lowest BCUT2D eigenvalue weighted by molar-refractivity contribution is -0.137. The minimum atomic E-state index is -4.43. The van der Waals surface area contributed by atoms with Crippen LogP contribution in [0.15, 0.2) is 83.5 Å². The lowest BCUT2D eigenvalue weighted by Crippen LogP contribution is -2.09. The van der Waals surface area contributed by atoms with Crippen LogP contribution in [0.3, 0.4) is 0 Å². The van der Waals surface area contributed by atoms with Crippen molar-refractivity contribution in [1.29, 1.82) is 0 Å². The predicted octanol–water partition coefficient (Wildman–Crippen LogP) is 8.66. The Morgan fingerprint density at radius 1 is 1.05 bits per heavy atom. The second kappa shape index (κ2) is 11.8. The van der Waals surface area contributed by atoms with E-state index < -0.39 is 17.8 Å². The second-order valence-electron chi connectivity index (χ2n) is 9.04. The van der Waals surface area contributed by atoms with E-state index in [2.05, 4.69) is 4.98 Å². The quantitative estimate of drug-likeness (QED) is 0.112. The maximum atomic E-state index is 13.3. The average Bonchev–Trinajstić information content (AvgIpc) is 3.27. The summed E-state index contributed by atoms with van der Waals surface area (Å²) in [6, 6.07) is 15.1. The molecule has 0 fully saturated rings. The molecule has 1 heterocycles. The van der Waals surface area contributed by atoms with Gasteiger partial charge in [-0.25, -0.2) is 9.37 Å². The summed E-state index contributed by atoms with van der Waals surface area (Å²) in [6.45, 7) is 3.61. The Kier molecular flexibility index (Phi) is 8.68. The molecule has 4 N–H and O–H groups in total. The third-order valence-electron chi connectivity index (χ3n) is 6.05. The lowest BCUT2D eigenvalue weighted by atomic mass is 10.1. The SMILES string of the molecule is Cc1cc(SC(C/C(O)=C/C(N)c2ccc(F)cc2)c2sc(-c3ccc(C(F)(F)F)cc3)nc2C)ccc1O. The van der Waals surface area contributed by atoms with Gasteiger partial charge in [0.2, 0.25) is 0 Å². The monoisotopic (exact) mass is 574 g/mol. The molecule has 39 heavy (non-hydrogen) atoms. The molecular formula is C29H26F4N2O2S2. The van der Waals surface area contributed by atoms with Crippen LogP contribution < -0.4 is 5.73 Å². The molecule has 2 atom stereocenters. The fourth-order valence-electron chi connectivity index (χ4n) is 3.93. The van der Waals surface area contributed by atoms with Gasteiger partial charge in [-0.2, -0.15) is 13.2 Å². The standard InChI is InChI=1S/C29H26F4N2O2S2/c1-16-13-23(11-12-25(16)37)38-26(15-22(36)14-24(34)18-5-9-21(30)10-6-18)27-17(2)35-28(39-27)19-3-7-20(8-4-19)29(31,32)33/h3-14,24,26,36-37H,15,34H2,1-2H3/b22-14-. The molecule has 0 amide bonds. The van der Waals surface area contributed by atoms with E-state index in [0.29, 0.717) is 27.4 Å². The number of rotatable bonds is 8. The summed E-state index contributed by atoms with van der Waals surface area (Å²) in [6.07, 6.45) is -2.73. The molecule has 0 aliphatic rings. The number of aryl methyl sites for hydroxylation is 2. The molecule has 0 radical (unpaired) electrons. The Balaban J connectivity index is 1.65. The first kappa shape index (κ1) is 28.7. The van der Waals surface area contributed by atoms with E-state index in [1.165, 1.54) is 53.4 Å². The van der Waals surface area contributed by atoms with E-state index in [4.69, 9.17) is 5.73 Å². The van der Waals surface area contributed by atoms with Gasteiger partial charge in [-0.05, 0) is 73.5 Å². The van der Waals surface area contributed by atoms with E-state index in [1.54, 1.807) is 31.2 Å². The number of aromatic hydroxyl groups is 1. The Labute approximate surface area is 231 Å². The Morgan fingerprint density at radius 2 is 1.72 bits per heavy atom. The first-order chi connectivity index (χ1) is 18.4. The van der Waals surface area contributed by atoms with Crippen LogP contribution in [0.1, 0.15) is 45.0 Å². The molecule has 0 aliphatic carbocycles. The number of aliphatic hydroxyl groups is 1. The van der Waals surface area contributed by atoms with Crippen LogP contribution in [-0.4, -0.2) is 15.2 Å². The number of phenolic OH excluding ortho intramolecular Hbond substituents is 1. The highest BCUT2D eigenvalue weighted by Gasteiger charge is 2.30. The third kappa shape index (κ3) is 7.20. The highest BCUT2D eigenvalue weighted by Crippen LogP contribution is 2.45. The van der Waals surface area contributed by atoms with E-state index in [-0.39, 0.29) is 29.0 Å². The van der Waals surface area contributed by atoms with Gasteiger partial charge in [0, 0.05) is 21.8 Å². The van der Waals surface area contributed by atoms with Crippen LogP contribution in [0.2, 0.25) is 0 Å². The van der Waals surface area contributed by atoms with Crippen LogP contribution in [0.5, 0.6) is 5.75 Å². The van der Waals surface area contributed by atoms with Gasteiger partial charge in [0.1, 0.15) is 16.6 Å². The fraction of sp³-hybridized carbons (Fsp3) is 0.207. The van der Waals surface area contributed by atoms with E-state index in [0.717, 1.165) is 21.9 Å². The van der Waals surface area contributed by atoms with E-state index in [1.807, 2.05) is 13.0 Å². The average molecular weight is 575 g/mol. The highest BCUT2D eigenvalue weighted by molar-refractivity contribution is 7.99. The van der Waals surface area contributed by atoms with Crippen molar-refractivity contribution >= 4 is 23.1 Å². The van der Waals surface area contributed by atoms with Gasteiger partial charge in [0.25, 0.3) is 0 Å². The first-order valence-electron chi connectivity index (χ1n) is 11.9. The van der Waals surface area contributed by atoms with Crippen molar-refractivity contribution in [2.24, 2.45) is 5.73 Å². The number of phenols is 1. The molecule has 4 nitrogen and oxygen atoms in total. The molecule has 4 rings (SSSR count). The summed E-state index contributed by atoms with van der Waals surface area (Å²) in [5.41, 5.74) is 8.08. The summed E-state index contributed by atoms with van der Waals surface area (Å²) >= 11 is 2.81. The minimum absolute atomic E-state index is 0.0312. The smallest absolute Gasteiger partial charge is 0.416 e. The topological polar surface area (TPSA) is 79.4 Å². The Hall–Kier alpha value is -3.34. The summed E-state index contributed by atoms with van der Waals surface area (Å²) < 4.78 is 52.3. The van der Waals surface area contributed by atoms with Crippen molar-refractivity contribution < 1.29 is 27.8 Å². The van der Waals surface area contributed by atoms with Crippen LogP contribution in [-0.2, 0) is 6.18 Å². The number of benzene rings is 3. The van der Waals surface area contributed by atoms with Crippen molar-refractivity contribution in [3.05, 3.63) is 112 Å². The highest BCUT2D eigenvalue weighted by atomic mass is 32.2. The molecular weight excluding hydrogens is 548 g/mol. The summed E-state index contributed by atoms with van der Waals surface area (Å²) in [5.74, 6) is -0.185. The first-order valence-corrected chi connectivity index (χ1v) is 13.6. The molecule has 1 aromatic heterocycles. The molecule has 0 bridgehead atoms. The summed E-state index contributed by atoms with van der Waals surface area (Å²) in [5, 5.41) is 21.1. The number of nitrogens with two attached hydrogens (primary N) is 1. The molecule has 2 unspecified atom stereocenters. The predicted molar refractivity (Wildman–Crippen MR) is 147 cm³/mol. The maximum absolute atomic E-state index is 13.3. The van der Waals surface area contributed by atoms with Gasteiger partial charge < -0.3 is 15.9 Å². The number of thiazole rings is 1. The van der Waals surface area contributed by atoms with E-state index >= 15 is 0 Å². The van der Waals surface area contributed by atoms with Crippen LogP contribution >= 0.6 is 23.1 Å². The molecule has 204 valence electrons. The van der Waals surface area contributed by atoms with Gasteiger partial charge in [0.15, 0.2) is 0 Å². The third-order valence-corrected chi connectivity index (χ3v) is 8.73. The largest absolute Gasteiger partial charge is 0.513 e. The number of hydrogen-bond acceptors (Lipinski definition) is 6. The van der Waals surface area contributed by atoms with Crippen molar-refractivity contribution in [3.8, 4) is 16.3 Å². The van der Waals surface area contributed by atoms with Crippen LogP contribution in [0.4, 0.5) is 17.6 Å². The Bertz CT molecular complexity index is 1470. The van der Waals surface area contributed by atoms with Crippen LogP contribution in [0.25, 0.3) is 10.6 Å². The van der Waals surface area contributed by atoms with Gasteiger partial charge in [-0.15, -0.1) is 23.1 Å². The van der Waals surface area contributed by atoms with E-state index in [9.17, 15) is 27.8 Å². The number of alkyl halides is 3. The molecule has 3 aromatic carbocycles. The number of allylic oxidation sites excluding steroid dienone is 1. The molecule has 0 saturated heterocycles. The number of hydrogen-bond donors (Lipinski definition) is 3. The van der Waals surface area contributed by atoms with Crippen molar-refractivity contribution in [1.82, 2.24) is 4.98 Å². The zero-order valence-corrected chi connectivity index (χ0v) is 22.7. The number of aromatic nitrogens is 1. The van der Waals surface area contributed by atoms with Crippen LogP contribution in [0, 0.1) is 19.7 Å².